The zero-order chi connectivity index (χ0) is 23.3. The summed E-state index contributed by atoms with van der Waals surface area (Å²) in [6.07, 6.45) is 5.90. The molecule has 1 aromatic heterocycles. The molecule has 1 aliphatic heterocycles. The second-order valence-electron chi connectivity index (χ2n) is 6.78. The number of nitriles is 1. The van der Waals surface area contributed by atoms with E-state index < -0.39 is 26.6 Å². The number of piperidine rings is 1. The van der Waals surface area contributed by atoms with Crippen molar-refractivity contribution in [3.8, 4) is 6.07 Å². The third-order valence-electron chi connectivity index (χ3n) is 4.64. The molecule has 1 aliphatic rings. The van der Waals surface area contributed by atoms with Gasteiger partial charge in [-0.25, -0.2) is 13.4 Å². The Morgan fingerprint density at radius 2 is 1.88 bits per heavy atom. The van der Waals surface area contributed by atoms with E-state index in [0.717, 1.165) is 0 Å². The van der Waals surface area contributed by atoms with Crippen molar-refractivity contribution in [1.82, 2.24) is 10.3 Å². The highest BCUT2D eigenvalue weighted by molar-refractivity contribution is 7.95. The van der Waals surface area contributed by atoms with Gasteiger partial charge in [-0.15, -0.1) is 6.58 Å². The second kappa shape index (κ2) is 9.60. The van der Waals surface area contributed by atoms with Crippen molar-refractivity contribution in [2.75, 3.05) is 0 Å². The number of hydrogen-bond donors (Lipinski definition) is 1. The molecule has 0 saturated carbocycles. The van der Waals surface area contributed by atoms with Crippen molar-refractivity contribution >= 4 is 50.9 Å². The lowest BCUT2D eigenvalue weighted by Gasteiger charge is -2.23. The first-order valence-electron chi connectivity index (χ1n) is 9.38. The number of rotatable bonds is 6. The van der Waals surface area contributed by atoms with E-state index in [0.29, 0.717) is 17.5 Å². The molecule has 1 unspecified atom stereocenters. The van der Waals surface area contributed by atoms with Gasteiger partial charge < -0.3 is 5.32 Å². The second-order valence-corrected chi connectivity index (χ2v) is 9.08. The quantitative estimate of drug-likeness (QED) is 0.230. The number of nitrogens with zero attached hydrogens (tertiary/aromatic N) is 2. The predicted octanol–water partition coefficient (Wildman–Crippen LogP) is 3.02. The first kappa shape index (κ1) is 22.9. The number of amides is 1. The molecule has 7 nitrogen and oxygen atoms in total. The number of carbonyl (C=O) groups is 2. The SMILES string of the molecule is C=CCC1C(=O)/C(=C/c2ccc(/C=C(\C#N)S(=O)(=O)c3ccccn3)cc2)C(=O)NC1=S. The number of ketones is 1. The van der Waals surface area contributed by atoms with Crippen LogP contribution in [0.3, 0.4) is 0 Å². The molecule has 1 fully saturated rings. The average Bonchev–Trinajstić information content (AvgIpc) is 2.79. The maximum absolute atomic E-state index is 12.7. The Labute approximate surface area is 190 Å². The molecule has 1 N–H and O–H groups in total. The van der Waals surface area contributed by atoms with E-state index in [1.807, 2.05) is 0 Å². The van der Waals surface area contributed by atoms with Gasteiger partial charge in [0.15, 0.2) is 15.7 Å². The van der Waals surface area contributed by atoms with Gasteiger partial charge in [0.05, 0.1) is 16.5 Å². The van der Waals surface area contributed by atoms with Crippen molar-refractivity contribution in [2.45, 2.75) is 11.4 Å². The van der Waals surface area contributed by atoms with Gasteiger partial charge in [-0.05, 0) is 41.8 Å². The normalized spacial score (nSPS) is 18.2. The summed E-state index contributed by atoms with van der Waals surface area (Å²) in [4.78, 5) is 28.4. The van der Waals surface area contributed by atoms with Crippen molar-refractivity contribution < 1.29 is 18.0 Å². The Hall–Kier alpha value is -3.74. The maximum Gasteiger partial charge on any atom is 0.259 e. The van der Waals surface area contributed by atoms with Crippen LogP contribution in [0.2, 0.25) is 0 Å². The summed E-state index contributed by atoms with van der Waals surface area (Å²) in [5.41, 5.74) is 0.981. The van der Waals surface area contributed by atoms with Gasteiger partial charge in [-0.1, -0.05) is 48.6 Å². The standard InChI is InChI=1S/C23H17N3O4S2/c1-2-5-18-21(27)19(22(28)26-23(18)31)13-16-9-7-15(8-10-16)12-17(14-24)32(29,30)20-6-3-4-11-25-20/h2-4,6-13,18H,1,5H2,(H,26,28,31)/b17-12+,19-13-. The van der Waals surface area contributed by atoms with E-state index >= 15 is 0 Å². The van der Waals surface area contributed by atoms with Crippen molar-refractivity contribution in [3.63, 3.8) is 0 Å². The highest BCUT2D eigenvalue weighted by Gasteiger charge is 2.35. The van der Waals surface area contributed by atoms with E-state index in [1.165, 1.54) is 30.5 Å². The number of carbonyl (C=O) groups excluding carboxylic acids is 2. The molecule has 0 spiro atoms. The minimum atomic E-state index is -4.05. The number of allylic oxidation sites excluding steroid dienone is 2. The Bertz CT molecular complexity index is 1300. The van der Waals surface area contributed by atoms with Gasteiger partial charge in [-0.3, -0.25) is 9.59 Å². The van der Waals surface area contributed by atoms with Crippen LogP contribution in [0.1, 0.15) is 17.5 Å². The van der Waals surface area contributed by atoms with Crippen LogP contribution in [0, 0.1) is 17.2 Å². The van der Waals surface area contributed by atoms with Gasteiger partial charge in [0.1, 0.15) is 6.07 Å². The number of benzene rings is 1. The zero-order valence-corrected chi connectivity index (χ0v) is 18.3. The van der Waals surface area contributed by atoms with E-state index in [4.69, 9.17) is 12.2 Å². The summed E-state index contributed by atoms with van der Waals surface area (Å²) in [7, 11) is -4.05. The van der Waals surface area contributed by atoms with Crippen molar-refractivity contribution in [2.24, 2.45) is 5.92 Å². The first-order valence-corrected chi connectivity index (χ1v) is 11.3. The molecule has 1 atom stereocenters. The largest absolute Gasteiger partial charge is 0.316 e. The van der Waals surface area contributed by atoms with Crippen LogP contribution in [-0.2, 0) is 19.4 Å². The molecule has 1 amide bonds. The minimum absolute atomic E-state index is 0.0239. The Morgan fingerprint density at radius 3 is 2.47 bits per heavy atom. The van der Waals surface area contributed by atoms with Gasteiger partial charge in [-0.2, -0.15) is 5.26 Å². The van der Waals surface area contributed by atoms with Gasteiger partial charge in [0.2, 0.25) is 9.84 Å². The van der Waals surface area contributed by atoms with E-state index in [-0.39, 0.29) is 21.4 Å². The Balaban J connectivity index is 1.90. The molecule has 1 saturated heterocycles. The number of nitrogens with one attached hydrogen (secondary N) is 1. The van der Waals surface area contributed by atoms with Gasteiger partial charge in [0, 0.05) is 6.20 Å². The fraction of sp³-hybridized carbons (Fsp3) is 0.0870. The van der Waals surface area contributed by atoms with Gasteiger partial charge in [0.25, 0.3) is 5.91 Å². The van der Waals surface area contributed by atoms with E-state index in [9.17, 15) is 23.3 Å². The lowest BCUT2D eigenvalue weighted by molar-refractivity contribution is -0.124. The molecule has 1 aromatic carbocycles. The molecule has 0 bridgehead atoms. The lowest BCUT2D eigenvalue weighted by atomic mass is 9.89. The Kier molecular flexibility index (Phi) is 6.88. The molecule has 160 valence electrons. The third kappa shape index (κ3) is 4.77. The van der Waals surface area contributed by atoms with Crippen LogP contribution in [0.15, 0.2) is 76.8 Å². The zero-order valence-electron chi connectivity index (χ0n) is 16.7. The minimum Gasteiger partial charge on any atom is -0.316 e. The number of sulfone groups is 1. The van der Waals surface area contributed by atoms with Crippen LogP contribution in [0.25, 0.3) is 12.2 Å². The third-order valence-corrected chi connectivity index (χ3v) is 6.61. The average molecular weight is 464 g/mol. The van der Waals surface area contributed by atoms with Crippen LogP contribution in [0.5, 0.6) is 0 Å². The molecular weight excluding hydrogens is 446 g/mol. The molecular formula is C23H17N3O4S2. The number of thiocarbonyl (C=S) groups is 1. The number of aromatic nitrogens is 1. The van der Waals surface area contributed by atoms with Gasteiger partial charge >= 0.3 is 0 Å². The fourth-order valence-electron chi connectivity index (χ4n) is 3.00. The summed E-state index contributed by atoms with van der Waals surface area (Å²) in [6, 6.07) is 12.5. The van der Waals surface area contributed by atoms with Crippen LogP contribution < -0.4 is 5.32 Å². The number of hydrogen-bond acceptors (Lipinski definition) is 7. The predicted molar refractivity (Wildman–Crippen MR) is 123 cm³/mol. The smallest absolute Gasteiger partial charge is 0.259 e. The van der Waals surface area contributed by atoms with E-state index in [1.54, 1.807) is 42.5 Å². The topological polar surface area (TPSA) is 117 Å². The molecule has 9 heteroatoms. The Morgan fingerprint density at radius 1 is 1.19 bits per heavy atom. The highest BCUT2D eigenvalue weighted by atomic mass is 32.2. The van der Waals surface area contributed by atoms with Crippen LogP contribution in [-0.4, -0.2) is 30.1 Å². The lowest BCUT2D eigenvalue weighted by Crippen LogP contribution is -2.46. The molecule has 0 radical (unpaired) electrons. The monoisotopic (exact) mass is 463 g/mol. The summed E-state index contributed by atoms with van der Waals surface area (Å²) < 4.78 is 25.2. The molecule has 2 aromatic rings. The first-order chi connectivity index (χ1) is 15.3. The number of Topliss-reactive ketones (excluding diaryl/α,β-unsaturated/α-hetero) is 1. The fourth-order valence-corrected chi connectivity index (χ4v) is 4.39. The molecule has 3 rings (SSSR count). The molecule has 2 heterocycles. The maximum atomic E-state index is 12.7. The molecule has 0 aliphatic carbocycles. The van der Waals surface area contributed by atoms with Crippen molar-refractivity contribution in [3.05, 3.63) is 82.9 Å². The summed E-state index contributed by atoms with van der Waals surface area (Å²) >= 11 is 5.08. The molecule has 32 heavy (non-hydrogen) atoms. The number of pyridine rings is 1. The van der Waals surface area contributed by atoms with Crippen LogP contribution >= 0.6 is 12.2 Å². The summed E-state index contributed by atoms with van der Waals surface area (Å²) in [6.45, 7) is 3.61. The van der Waals surface area contributed by atoms with Crippen LogP contribution in [0.4, 0.5) is 0 Å². The highest BCUT2D eigenvalue weighted by Crippen LogP contribution is 2.22. The van der Waals surface area contributed by atoms with Crippen molar-refractivity contribution in [1.29, 1.82) is 5.26 Å². The van der Waals surface area contributed by atoms with E-state index in [2.05, 4.69) is 16.9 Å². The summed E-state index contributed by atoms with van der Waals surface area (Å²) in [5, 5.41) is 11.7. The summed E-state index contributed by atoms with van der Waals surface area (Å²) in [5.74, 6) is -1.59.